The Kier molecular flexibility index (Phi) is 4.54. The molecule has 2 aromatic carbocycles. The van der Waals surface area contributed by atoms with Gasteiger partial charge in [0.05, 0.1) is 11.1 Å². The fourth-order valence-corrected chi connectivity index (χ4v) is 2.88. The smallest absolute Gasteiger partial charge is 0.346 e. The molecular formula is C17H13ClN4O5. The quantitative estimate of drug-likeness (QED) is 0.360. The second-order valence-corrected chi connectivity index (χ2v) is 6.34. The number of hydrazone groups is 1. The lowest BCUT2D eigenvalue weighted by Gasteiger charge is -2.20. The summed E-state index contributed by atoms with van der Waals surface area (Å²) in [6, 6.07) is 10.1. The lowest BCUT2D eigenvalue weighted by Crippen LogP contribution is -2.40. The van der Waals surface area contributed by atoms with Crippen molar-refractivity contribution in [3.63, 3.8) is 0 Å². The molecule has 0 aliphatic carbocycles. The number of phenolic OH excluding ortho intramolecular Hbond substituents is 1. The van der Waals surface area contributed by atoms with Crippen LogP contribution in [0.4, 0.5) is 10.5 Å². The Hall–Kier alpha value is -3.46. The molecule has 0 bridgehead atoms. The summed E-state index contributed by atoms with van der Waals surface area (Å²) in [5.74, 6) is -1.31. The number of urea groups is 1. The maximum Gasteiger partial charge on any atom is 0.346 e. The Morgan fingerprint density at radius 3 is 2.59 bits per heavy atom. The van der Waals surface area contributed by atoms with Crippen molar-refractivity contribution in [2.24, 2.45) is 5.10 Å². The number of halogens is 1. The normalized spacial score (nSPS) is 19.6. The van der Waals surface area contributed by atoms with Gasteiger partial charge in [-0.25, -0.2) is 4.79 Å². The van der Waals surface area contributed by atoms with Crippen LogP contribution >= 0.6 is 11.6 Å². The molecule has 0 saturated carbocycles. The summed E-state index contributed by atoms with van der Waals surface area (Å²) < 4.78 is 0. The Morgan fingerprint density at radius 2 is 1.96 bits per heavy atom. The number of imide groups is 1. The van der Waals surface area contributed by atoms with Gasteiger partial charge in [0.1, 0.15) is 5.54 Å². The molecule has 1 saturated heterocycles. The first-order valence-corrected chi connectivity index (χ1v) is 8.05. The summed E-state index contributed by atoms with van der Waals surface area (Å²) in [6.45, 7) is 1.54. The van der Waals surface area contributed by atoms with Gasteiger partial charge in [-0.3, -0.25) is 14.9 Å². The zero-order chi connectivity index (χ0) is 19.8. The fourth-order valence-electron chi connectivity index (χ4n) is 2.66. The molecule has 1 aliphatic rings. The van der Waals surface area contributed by atoms with E-state index < -0.39 is 33.8 Å². The van der Waals surface area contributed by atoms with E-state index in [1.165, 1.54) is 6.07 Å². The number of rotatable bonds is 4. The van der Waals surface area contributed by atoms with E-state index in [-0.39, 0.29) is 10.6 Å². The number of hydrogen-bond donors (Lipinski definition) is 2. The first-order valence-electron chi connectivity index (χ1n) is 7.67. The van der Waals surface area contributed by atoms with Gasteiger partial charge in [0, 0.05) is 16.7 Å². The minimum atomic E-state index is -1.31. The van der Waals surface area contributed by atoms with Gasteiger partial charge in [0.2, 0.25) is 5.75 Å². The van der Waals surface area contributed by atoms with Crippen molar-refractivity contribution in [3.05, 3.63) is 68.7 Å². The van der Waals surface area contributed by atoms with Gasteiger partial charge in [0.25, 0.3) is 5.91 Å². The maximum absolute atomic E-state index is 12.7. The van der Waals surface area contributed by atoms with Gasteiger partial charge in [0.15, 0.2) is 0 Å². The van der Waals surface area contributed by atoms with Gasteiger partial charge in [-0.1, -0.05) is 41.9 Å². The lowest BCUT2D eigenvalue weighted by atomic mass is 9.92. The van der Waals surface area contributed by atoms with Crippen LogP contribution in [-0.4, -0.2) is 33.2 Å². The number of nitro groups is 1. The molecule has 0 radical (unpaired) electrons. The van der Waals surface area contributed by atoms with E-state index in [1.54, 1.807) is 37.3 Å². The van der Waals surface area contributed by atoms with Crippen LogP contribution in [0.25, 0.3) is 0 Å². The van der Waals surface area contributed by atoms with Crippen molar-refractivity contribution in [3.8, 4) is 5.75 Å². The van der Waals surface area contributed by atoms with Crippen LogP contribution in [0, 0.1) is 10.1 Å². The molecule has 138 valence electrons. The molecule has 2 aromatic rings. The number of phenols is 1. The number of aromatic hydroxyl groups is 1. The first kappa shape index (κ1) is 18.3. The highest BCUT2D eigenvalue weighted by Crippen LogP contribution is 2.33. The van der Waals surface area contributed by atoms with E-state index in [2.05, 4.69) is 10.4 Å². The van der Waals surface area contributed by atoms with Gasteiger partial charge < -0.3 is 10.4 Å². The van der Waals surface area contributed by atoms with Crippen LogP contribution in [0.15, 0.2) is 47.6 Å². The number of hydrogen-bond acceptors (Lipinski definition) is 6. The van der Waals surface area contributed by atoms with E-state index in [1.807, 2.05) is 0 Å². The molecule has 0 aromatic heterocycles. The minimum Gasteiger partial charge on any atom is -0.502 e. The molecule has 1 aliphatic heterocycles. The van der Waals surface area contributed by atoms with Crippen molar-refractivity contribution < 1.29 is 19.6 Å². The van der Waals surface area contributed by atoms with Crippen LogP contribution in [0.1, 0.15) is 18.1 Å². The van der Waals surface area contributed by atoms with Gasteiger partial charge in [-0.15, -0.1) is 5.01 Å². The molecule has 10 heteroatoms. The summed E-state index contributed by atoms with van der Waals surface area (Å²) in [5, 5.41) is 27.9. The van der Waals surface area contributed by atoms with Crippen molar-refractivity contribution in [2.75, 3.05) is 0 Å². The summed E-state index contributed by atoms with van der Waals surface area (Å²) in [6.07, 6.45) is 0.961. The maximum atomic E-state index is 12.7. The molecular weight excluding hydrogens is 376 g/mol. The molecule has 3 rings (SSSR count). The third kappa shape index (κ3) is 3.20. The van der Waals surface area contributed by atoms with Gasteiger partial charge in [-0.2, -0.15) is 5.10 Å². The molecule has 9 nitrogen and oxygen atoms in total. The molecule has 0 unspecified atom stereocenters. The van der Waals surface area contributed by atoms with Crippen LogP contribution in [0.5, 0.6) is 5.75 Å². The standard InChI is InChI=1S/C17H13ClN4O5/c1-17(11-5-3-2-4-6-11)15(24)21(16(25)20-17)19-9-10-7-12(18)8-13(14(10)23)22(26)27/h2-9,23H,1H3,(H,20,25)/b19-9+/t17-/m0/s1. The Bertz CT molecular complexity index is 979. The van der Waals surface area contributed by atoms with Crippen molar-refractivity contribution >= 4 is 35.4 Å². The Labute approximate surface area is 158 Å². The predicted molar refractivity (Wildman–Crippen MR) is 96.5 cm³/mol. The Balaban J connectivity index is 1.94. The van der Waals surface area contributed by atoms with Crippen LogP contribution in [-0.2, 0) is 10.3 Å². The molecule has 2 N–H and O–H groups in total. The van der Waals surface area contributed by atoms with Gasteiger partial charge in [-0.05, 0) is 18.6 Å². The topological polar surface area (TPSA) is 125 Å². The number of carbonyl (C=O) groups is 2. The van der Waals surface area contributed by atoms with Crippen molar-refractivity contribution in [1.29, 1.82) is 0 Å². The average molecular weight is 389 g/mol. The second-order valence-electron chi connectivity index (χ2n) is 5.90. The van der Waals surface area contributed by atoms with Crippen molar-refractivity contribution in [1.82, 2.24) is 10.3 Å². The predicted octanol–water partition coefficient (Wildman–Crippen LogP) is 2.75. The zero-order valence-corrected chi connectivity index (χ0v) is 14.7. The number of benzene rings is 2. The summed E-state index contributed by atoms with van der Waals surface area (Å²) >= 11 is 5.81. The number of amides is 3. The van der Waals surface area contributed by atoms with Gasteiger partial charge >= 0.3 is 11.7 Å². The SMILES string of the molecule is C[C@@]1(c2ccccc2)NC(=O)N(/N=C/c2cc(Cl)cc([N+](=O)[O-])c2O)C1=O. The number of carbonyl (C=O) groups excluding carboxylic acids is 2. The number of nitrogens with zero attached hydrogens (tertiary/aromatic N) is 3. The van der Waals surface area contributed by atoms with E-state index in [4.69, 9.17) is 11.6 Å². The third-order valence-electron chi connectivity index (χ3n) is 4.11. The van der Waals surface area contributed by atoms with Crippen molar-refractivity contribution in [2.45, 2.75) is 12.5 Å². The molecule has 27 heavy (non-hydrogen) atoms. The molecule has 3 amide bonds. The monoisotopic (exact) mass is 388 g/mol. The van der Waals surface area contributed by atoms with Crippen LogP contribution < -0.4 is 5.32 Å². The Morgan fingerprint density at radius 1 is 1.30 bits per heavy atom. The zero-order valence-electron chi connectivity index (χ0n) is 13.9. The molecule has 0 spiro atoms. The number of nitro benzene ring substituents is 1. The second kappa shape index (κ2) is 6.69. The largest absolute Gasteiger partial charge is 0.502 e. The highest BCUT2D eigenvalue weighted by Gasteiger charge is 2.49. The first-order chi connectivity index (χ1) is 12.7. The third-order valence-corrected chi connectivity index (χ3v) is 4.33. The highest BCUT2D eigenvalue weighted by atomic mass is 35.5. The van der Waals surface area contributed by atoms with E-state index in [9.17, 15) is 24.8 Å². The van der Waals surface area contributed by atoms with Crippen LogP contribution in [0.3, 0.4) is 0 Å². The summed E-state index contributed by atoms with van der Waals surface area (Å²) in [5.41, 5.74) is -1.46. The molecule has 1 atom stereocenters. The van der Waals surface area contributed by atoms with E-state index in [0.29, 0.717) is 10.6 Å². The summed E-state index contributed by atoms with van der Waals surface area (Å²) in [4.78, 5) is 35.1. The van der Waals surface area contributed by atoms with E-state index >= 15 is 0 Å². The fraction of sp³-hybridized carbons (Fsp3) is 0.118. The van der Waals surface area contributed by atoms with Crippen LogP contribution in [0.2, 0.25) is 5.02 Å². The number of nitrogens with one attached hydrogen (secondary N) is 1. The summed E-state index contributed by atoms with van der Waals surface area (Å²) in [7, 11) is 0. The highest BCUT2D eigenvalue weighted by molar-refractivity contribution is 6.31. The lowest BCUT2D eigenvalue weighted by molar-refractivity contribution is -0.385. The average Bonchev–Trinajstić information content (AvgIpc) is 2.86. The molecule has 1 heterocycles. The van der Waals surface area contributed by atoms with E-state index in [0.717, 1.165) is 12.3 Å². The minimum absolute atomic E-state index is 0.00715. The molecule has 1 fully saturated rings.